The van der Waals surface area contributed by atoms with Gasteiger partial charge in [-0.25, -0.2) is 9.37 Å². The molecular formula is C17H16ClFN4O2. The van der Waals surface area contributed by atoms with Gasteiger partial charge in [-0.1, -0.05) is 23.7 Å². The van der Waals surface area contributed by atoms with Gasteiger partial charge in [-0.3, -0.25) is 9.59 Å². The second-order valence-corrected chi connectivity index (χ2v) is 5.92. The van der Waals surface area contributed by atoms with Crippen molar-refractivity contribution in [1.82, 2.24) is 14.5 Å². The zero-order valence-corrected chi connectivity index (χ0v) is 14.3. The minimum atomic E-state index is -0.795. The summed E-state index contributed by atoms with van der Waals surface area (Å²) in [5.74, 6) is -1.27. The second kappa shape index (κ2) is 7.06. The Morgan fingerprint density at radius 3 is 2.80 bits per heavy atom. The van der Waals surface area contributed by atoms with E-state index < -0.39 is 11.7 Å². The first-order valence-electron chi connectivity index (χ1n) is 7.72. The van der Waals surface area contributed by atoms with Crippen molar-refractivity contribution in [1.29, 1.82) is 0 Å². The molecular weight excluding hydrogens is 347 g/mol. The molecule has 0 aliphatic carbocycles. The highest BCUT2D eigenvalue weighted by atomic mass is 35.5. The molecule has 0 bridgehead atoms. The fourth-order valence-corrected chi connectivity index (χ4v) is 2.82. The summed E-state index contributed by atoms with van der Waals surface area (Å²) in [7, 11) is 0. The van der Waals surface area contributed by atoms with Gasteiger partial charge in [-0.05, 0) is 25.1 Å². The van der Waals surface area contributed by atoms with E-state index in [9.17, 15) is 14.0 Å². The number of hydrogen-bond acceptors (Lipinski definition) is 3. The first kappa shape index (κ1) is 17.2. The molecule has 2 heterocycles. The first-order chi connectivity index (χ1) is 12.0. The van der Waals surface area contributed by atoms with Crippen molar-refractivity contribution in [2.45, 2.75) is 20.0 Å². The number of benzene rings is 1. The van der Waals surface area contributed by atoms with E-state index in [0.717, 1.165) is 6.08 Å². The predicted molar refractivity (Wildman–Crippen MR) is 91.9 cm³/mol. The van der Waals surface area contributed by atoms with Gasteiger partial charge in [0.05, 0.1) is 23.5 Å². The van der Waals surface area contributed by atoms with Gasteiger partial charge in [0.1, 0.15) is 11.5 Å². The Morgan fingerprint density at radius 2 is 2.08 bits per heavy atom. The summed E-state index contributed by atoms with van der Waals surface area (Å²) >= 11 is 6.05. The molecule has 25 heavy (non-hydrogen) atoms. The molecule has 0 saturated carbocycles. The highest BCUT2D eigenvalue weighted by molar-refractivity contribution is 6.33. The Kier molecular flexibility index (Phi) is 4.85. The van der Waals surface area contributed by atoms with Crippen LogP contribution in [0.5, 0.6) is 0 Å². The maximum absolute atomic E-state index is 13.5. The highest BCUT2D eigenvalue weighted by Crippen LogP contribution is 2.22. The van der Waals surface area contributed by atoms with E-state index in [1.54, 1.807) is 28.8 Å². The molecule has 2 aromatic rings. The third-order valence-electron chi connectivity index (χ3n) is 3.96. The molecule has 0 atom stereocenters. The van der Waals surface area contributed by atoms with Crippen molar-refractivity contribution in [3.05, 3.63) is 58.9 Å². The number of rotatable bonds is 3. The molecule has 1 aliphatic heterocycles. The van der Waals surface area contributed by atoms with Crippen LogP contribution >= 0.6 is 11.6 Å². The molecule has 1 aliphatic rings. The summed E-state index contributed by atoms with van der Waals surface area (Å²) in [6.07, 6.45) is 2.58. The topological polar surface area (TPSA) is 67.2 Å². The summed E-state index contributed by atoms with van der Waals surface area (Å²) in [4.78, 5) is 30.0. The summed E-state index contributed by atoms with van der Waals surface area (Å²) in [6, 6.07) is 6.93. The summed E-state index contributed by atoms with van der Waals surface area (Å²) < 4.78 is 15.2. The number of carbonyl (C=O) groups excluding carboxylic acids is 2. The Balaban J connectivity index is 1.77. The van der Waals surface area contributed by atoms with Gasteiger partial charge in [-0.15, -0.1) is 0 Å². The molecule has 1 aromatic carbocycles. The number of fused-ring (bicyclic) bond motifs is 1. The van der Waals surface area contributed by atoms with E-state index in [0.29, 0.717) is 35.3 Å². The van der Waals surface area contributed by atoms with Gasteiger partial charge in [-0.2, -0.15) is 0 Å². The van der Waals surface area contributed by atoms with E-state index in [4.69, 9.17) is 11.6 Å². The highest BCUT2D eigenvalue weighted by Gasteiger charge is 2.27. The molecule has 6 nitrogen and oxygen atoms in total. The quantitative estimate of drug-likeness (QED) is 0.853. The normalized spacial score (nSPS) is 14.2. The van der Waals surface area contributed by atoms with E-state index in [2.05, 4.69) is 10.3 Å². The van der Waals surface area contributed by atoms with Crippen LogP contribution in [-0.2, 0) is 17.9 Å². The van der Waals surface area contributed by atoms with Gasteiger partial charge < -0.3 is 14.8 Å². The van der Waals surface area contributed by atoms with Crippen LogP contribution in [0.1, 0.15) is 23.2 Å². The van der Waals surface area contributed by atoms with Crippen molar-refractivity contribution < 1.29 is 14.0 Å². The molecule has 0 radical (unpaired) electrons. The Morgan fingerprint density at radius 1 is 1.32 bits per heavy atom. The Hall–Kier alpha value is -2.67. The van der Waals surface area contributed by atoms with Crippen molar-refractivity contribution in [2.75, 3.05) is 11.9 Å². The van der Waals surface area contributed by atoms with Crippen LogP contribution in [0.3, 0.4) is 0 Å². The smallest absolute Gasteiger partial charge is 0.282 e. The van der Waals surface area contributed by atoms with Crippen molar-refractivity contribution in [3.63, 3.8) is 0 Å². The standard InChI is InChI=1S/C17H16ClFN4O2/c1-2-12(19)17(25)22-7-8-23-14(9-20-15(23)10-22)16(24)21-13-6-4-3-5-11(13)18/h2-6,9H,7-8,10H2,1H3,(H,21,24)/b12-2+. The van der Waals surface area contributed by atoms with Gasteiger partial charge in [0.25, 0.3) is 11.8 Å². The maximum Gasteiger partial charge on any atom is 0.282 e. The molecule has 0 saturated heterocycles. The van der Waals surface area contributed by atoms with Gasteiger partial charge in [0.2, 0.25) is 0 Å². The lowest BCUT2D eigenvalue weighted by atomic mass is 10.3. The van der Waals surface area contributed by atoms with Crippen LogP contribution < -0.4 is 5.32 Å². The number of carbonyl (C=O) groups is 2. The molecule has 0 fully saturated rings. The number of nitrogens with one attached hydrogen (secondary N) is 1. The number of imidazole rings is 1. The van der Waals surface area contributed by atoms with E-state index in [1.165, 1.54) is 18.0 Å². The molecule has 1 aromatic heterocycles. The number of anilines is 1. The molecule has 8 heteroatoms. The number of halogens is 2. The molecule has 130 valence electrons. The van der Waals surface area contributed by atoms with Crippen LogP contribution in [0, 0.1) is 0 Å². The number of para-hydroxylation sites is 1. The van der Waals surface area contributed by atoms with E-state index in [1.807, 2.05) is 0 Å². The zero-order valence-electron chi connectivity index (χ0n) is 13.5. The van der Waals surface area contributed by atoms with Gasteiger partial charge >= 0.3 is 0 Å². The summed E-state index contributed by atoms with van der Waals surface area (Å²) in [6.45, 7) is 2.29. The Labute approximate surface area is 148 Å². The van der Waals surface area contributed by atoms with Crippen molar-refractivity contribution in [3.8, 4) is 0 Å². The number of hydrogen-bond donors (Lipinski definition) is 1. The average Bonchev–Trinajstić information content (AvgIpc) is 3.05. The van der Waals surface area contributed by atoms with Crippen LogP contribution in [0.2, 0.25) is 5.02 Å². The molecule has 2 amide bonds. The lowest BCUT2D eigenvalue weighted by Gasteiger charge is -2.27. The SMILES string of the molecule is C/C=C(/F)C(=O)N1CCn2c(C(=O)Nc3ccccc3Cl)cnc2C1. The minimum absolute atomic E-state index is 0.152. The second-order valence-electron chi connectivity index (χ2n) is 5.51. The summed E-state index contributed by atoms with van der Waals surface area (Å²) in [5.41, 5.74) is 0.876. The molecule has 3 rings (SSSR count). The zero-order chi connectivity index (χ0) is 18.0. The third-order valence-corrected chi connectivity index (χ3v) is 4.29. The Bertz CT molecular complexity index is 862. The largest absolute Gasteiger partial charge is 0.327 e. The first-order valence-corrected chi connectivity index (χ1v) is 8.10. The van der Waals surface area contributed by atoms with E-state index in [-0.39, 0.29) is 12.5 Å². The fraction of sp³-hybridized carbons (Fsp3) is 0.235. The predicted octanol–water partition coefficient (Wildman–Crippen LogP) is 3.00. The number of amides is 2. The van der Waals surface area contributed by atoms with Crippen LogP contribution in [0.25, 0.3) is 0 Å². The average molecular weight is 363 g/mol. The van der Waals surface area contributed by atoms with Crippen LogP contribution in [-0.4, -0.2) is 32.8 Å². The van der Waals surface area contributed by atoms with Crippen molar-refractivity contribution >= 4 is 29.1 Å². The van der Waals surface area contributed by atoms with Crippen LogP contribution in [0.4, 0.5) is 10.1 Å². The van der Waals surface area contributed by atoms with Gasteiger partial charge in [0.15, 0.2) is 5.83 Å². The summed E-state index contributed by atoms with van der Waals surface area (Å²) in [5, 5.41) is 3.18. The third kappa shape index (κ3) is 3.41. The lowest BCUT2D eigenvalue weighted by molar-refractivity contribution is -0.130. The van der Waals surface area contributed by atoms with Crippen LogP contribution in [0.15, 0.2) is 42.4 Å². The minimum Gasteiger partial charge on any atom is -0.327 e. The number of nitrogens with zero attached hydrogens (tertiary/aromatic N) is 3. The van der Waals surface area contributed by atoms with Gasteiger partial charge in [0, 0.05) is 13.1 Å². The number of aromatic nitrogens is 2. The lowest BCUT2D eigenvalue weighted by Crippen LogP contribution is -2.39. The van der Waals surface area contributed by atoms with E-state index >= 15 is 0 Å². The fourth-order valence-electron chi connectivity index (χ4n) is 2.64. The van der Waals surface area contributed by atoms with Crippen molar-refractivity contribution in [2.24, 2.45) is 0 Å². The molecule has 0 spiro atoms. The maximum atomic E-state index is 13.5. The molecule has 1 N–H and O–H groups in total. The molecule has 0 unspecified atom stereocenters. The monoisotopic (exact) mass is 362 g/mol. The number of allylic oxidation sites excluding steroid dienone is 1.